The number of aryl methyl sites for hydroxylation is 1. The van der Waals surface area contributed by atoms with Crippen LogP contribution in [0.1, 0.15) is 43.1 Å². The second kappa shape index (κ2) is 9.75. The summed E-state index contributed by atoms with van der Waals surface area (Å²) in [6.07, 6.45) is 7.15. The standard InChI is InChI=1S/C20H28N4.2ClH/c1-15-4-2-5-17(12-15)18-13-22-20(23-18)19-6-3-11-24(19)14-16-7-9-21-10-8-16;;/h2,4-5,12-13,16,19,21H,3,6-11,14H2,1H3,(H,22,23);2*1H. The van der Waals surface area contributed by atoms with Crippen LogP contribution in [0, 0.1) is 12.8 Å². The Morgan fingerprint density at radius 3 is 2.73 bits per heavy atom. The van der Waals surface area contributed by atoms with Gasteiger partial charge in [-0.2, -0.15) is 0 Å². The Kier molecular flexibility index (Phi) is 7.96. The molecule has 2 N–H and O–H groups in total. The Morgan fingerprint density at radius 2 is 1.96 bits per heavy atom. The zero-order chi connectivity index (χ0) is 16.4. The highest BCUT2D eigenvalue weighted by Gasteiger charge is 2.30. The van der Waals surface area contributed by atoms with Crippen molar-refractivity contribution >= 4 is 24.8 Å². The van der Waals surface area contributed by atoms with Crippen molar-refractivity contribution in [1.29, 1.82) is 0 Å². The summed E-state index contributed by atoms with van der Waals surface area (Å²) < 4.78 is 0. The van der Waals surface area contributed by atoms with Crippen LogP contribution in [0.3, 0.4) is 0 Å². The number of halogens is 2. The number of H-pyrrole nitrogens is 1. The number of likely N-dealkylation sites (tertiary alicyclic amines) is 1. The fraction of sp³-hybridized carbons (Fsp3) is 0.550. The Labute approximate surface area is 169 Å². The molecule has 0 saturated carbocycles. The maximum absolute atomic E-state index is 4.74. The van der Waals surface area contributed by atoms with Crippen molar-refractivity contribution in [2.75, 3.05) is 26.2 Å². The average molecular weight is 397 g/mol. The quantitative estimate of drug-likeness (QED) is 0.806. The number of imidazole rings is 1. The summed E-state index contributed by atoms with van der Waals surface area (Å²) >= 11 is 0. The Bertz CT molecular complexity index is 682. The molecule has 2 fully saturated rings. The van der Waals surface area contributed by atoms with Crippen LogP contribution in [0.4, 0.5) is 0 Å². The number of hydrogen-bond donors (Lipinski definition) is 2. The molecule has 2 aliphatic heterocycles. The van der Waals surface area contributed by atoms with Crippen molar-refractivity contribution in [1.82, 2.24) is 20.2 Å². The van der Waals surface area contributed by atoms with Gasteiger partial charge in [-0.1, -0.05) is 23.8 Å². The van der Waals surface area contributed by atoms with Crippen LogP contribution in [0.15, 0.2) is 30.5 Å². The summed E-state index contributed by atoms with van der Waals surface area (Å²) in [4.78, 5) is 11.0. The Hall–Kier alpha value is -1.07. The van der Waals surface area contributed by atoms with Gasteiger partial charge in [0, 0.05) is 6.54 Å². The number of aromatic nitrogens is 2. The highest BCUT2D eigenvalue weighted by molar-refractivity contribution is 5.85. The second-order valence-electron chi connectivity index (χ2n) is 7.40. The third kappa shape index (κ3) is 4.80. The molecule has 26 heavy (non-hydrogen) atoms. The molecule has 6 heteroatoms. The van der Waals surface area contributed by atoms with Crippen molar-refractivity contribution in [2.45, 2.75) is 38.6 Å². The monoisotopic (exact) mass is 396 g/mol. The number of aromatic amines is 1. The smallest absolute Gasteiger partial charge is 0.123 e. The van der Waals surface area contributed by atoms with Crippen LogP contribution in [0.2, 0.25) is 0 Å². The number of nitrogens with one attached hydrogen (secondary N) is 2. The summed E-state index contributed by atoms with van der Waals surface area (Å²) in [5.74, 6) is 2.00. The van der Waals surface area contributed by atoms with Gasteiger partial charge < -0.3 is 10.3 Å². The van der Waals surface area contributed by atoms with E-state index >= 15 is 0 Å². The number of piperidine rings is 1. The highest BCUT2D eigenvalue weighted by atomic mass is 35.5. The first-order chi connectivity index (χ1) is 11.8. The predicted octanol–water partition coefficient (Wildman–Crippen LogP) is 4.37. The van der Waals surface area contributed by atoms with Gasteiger partial charge in [0.2, 0.25) is 0 Å². The predicted molar refractivity (Wildman–Crippen MR) is 112 cm³/mol. The summed E-state index contributed by atoms with van der Waals surface area (Å²) in [6, 6.07) is 9.10. The number of rotatable bonds is 4. The summed E-state index contributed by atoms with van der Waals surface area (Å²) in [5.41, 5.74) is 3.66. The Balaban J connectivity index is 0.00000121. The van der Waals surface area contributed by atoms with Crippen LogP contribution in [-0.2, 0) is 0 Å². The molecule has 2 saturated heterocycles. The van der Waals surface area contributed by atoms with Crippen molar-refractivity contribution in [3.8, 4) is 11.3 Å². The molecular formula is C20H30Cl2N4. The molecule has 4 rings (SSSR count). The molecule has 0 amide bonds. The van der Waals surface area contributed by atoms with Crippen molar-refractivity contribution in [2.24, 2.45) is 5.92 Å². The van der Waals surface area contributed by atoms with E-state index in [9.17, 15) is 0 Å². The first-order valence-corrected chi connectivity index (χ1v) is 9.36. The molecule has 1 unspecified atom stereocenters. The first kappa shape index (κ1) is 21.2. The maximum atomic E-state index is 4.74. The third-order valence-corrected chi connectivity index (χ3v) is 5.56. The van der Waals surface area contributed by atoms with E-state index in [4.69, 9.17) is 4.98 Å². The molecule has 4 nitrogen and oxygen atoms in total. The molecule has 1 aromatic carbocycles. The fourth-order valence-corrected chi connectivity index (χ4v) is 4.22. The second-order valence-corrected chi connectivity index (χ2v) is 7.40. The zero-order valence-corrected chi connectivity index (χ0v) is 17.0. The molecule has 0 radical (unpaired) electrons. The number of benzene rings is 1. The summed E-state index contributed by atoms with van der Waals surface area (Å²) in [5, 5.41) is 3.47. The normalized spacial score (nSPS) is 21.2. The van der Waals surface area contributed by atoms with Crippen LogP contribution in [0.5, 0.6) is 0 Å². The number of hydrogen-bond acceptors (Lipinski definition) is 3. The molecule has 144 valence electrons. The van der Waals surface area contributed by atoms with Crippen molar-refractivity contribution in [3.63, 3.8) is 0 Å². The molecule has 0 aliphatic carbocycles. The molecule has 3 heterocycles. The fourth-order valence-electron chi connectivity index (χ4n) is 4.22. The minimum absolute atomic E-state index is 0. The molecule has 0 bridgehead atoms. The molecule has 0 spiro atoms. The van der Waals surface area contributed by atoms with E-state index in [1.807, 2.05) is 6.20 Å². The lowest BCUT2D eigenvalue weighted by Crippen LogP contribution is -2.36. The molecule has 1 atom stereocenters. The van der Waals surface area contributed by atoms with E-state index in [2.05, 4.69) is 46.4 Å². The first-order valence-electron chi connectivity index (χ1n) is 9.36. The highest BCUT2D eigenvalue weighted by Crippen LogP contribution is 2.33. The molecule has 1 aromatic heterocycles. The van der Waals surface area contributed by atoms with Gasteiger partial charge >= 0.3 is 0 Å². The van der Waals surface area contributed by atoms with E-state index in [1.54, 1.807) is 0 Å². The average Bonchev–Trinajstić information content (AvgIpc) is 3.25. The van der Waals surface area contributed by atoms with Gasteiger partial charge in [-0.3, -0.25) is 4.90 Å². The largest absolute Gasteiger partial charge is 0.341 e. The van der Waals surface area contributed by atoms with Crippen molar-refractivity contribution in [3.05, 3.63) is 41.9 Å². The Morgan fingerprint density at radius 1 is 1.15 bits per heavy atom. The van der Waals surface area contributed by atoms with Crippen LogP contribution in [-0.4, -0.2) is 41.0 Å². The van der Waals surface area contributed by atoms with Crippen LogP contribution in [0.25, 0.3) is 11.3 Å². The lowest BCUT2D eigenvalue weighted by Gasteiger charge is -2.30. The van der Waals surface area contributed by atoms with Gasteiger partial charge in [-0.25, -0.2) is 4.98 Å². The van der Waals surface area contributed by atoms with Gasteiger partial charge in [-0.05, 0) is 69.8 Å². The SMILES string of the molecule is Cc1cccc(-c2cnc(C3CCCN3CC3CCNCC3)[nH]2)c1.Cl.Cl. The molecule has 2 aromatic rings. The third-order valence-electron chi connectivity index (χ3n) is 5.56. The minimum Gasteiger partial charge on any atom is -0.341 e. The molecular weight excluding hydrogens is 367 g/mol. The van der Waals surface area contributed by atoms with E-state index in [0.717, 1.165) is 17.4 Å². The topological polar surface area (TPSA) is 44.0 Å². The van der Waals surface area contributed by atoms with Gasteiger partial charge in [0.25, 0.3) is 0 Å². The molecule has 2 aliphatic rings. The lowest BCUT2D eigenvalue weighted by atomic mass is 9.97. The van der Waals surface area contributed by atoms with Gasteiger partial charge in [0.15, 0.2) is 0 Å². The maximum Gasteiger partial charge on any atom is 0.123 e. The van der Waals surface area contributed by atoms with Crippen LogP contribution >= 0.6 is 24.8 Å². The van der Waals surface area contributed by atoms with Gasteiger partial charge in [0.1, 0.15) is 5.82 Å². The summed E-state index contributed by atoms with van der Waals surface area (Å²) in [6.45, 7) is 6.95. The minimum atomic E-state index is 0. The summed E-state index contributed by atoms with van der Waals surface area (Å²) in [7, 11) is 0. The van der Waals surface area contributed by atoms with E-state index in [-0.39, 0.29) is 24.8 Å². The van der Waals surface area contributed by atoms with E-state index < -0.39 is 0 Å². The van der Waals surface area contributed by atoms with E-state index in [0.29, 0.717) is 6.04 Å². The number of nitrogens with zero attached hydrogens (tertiary/aromatic N) is 2. The van der Waals surface area contributed by atoms with E-state index in [1.165, 1.54) is 63.0 Å². The van der Waals surface area contributed by atoms with Crippen molar-refractivity contribution < 1.29 is 0 Å². The van der Waals surface area contributed by atoms with Crippen LogP contribution < -0.4 is 5.32 Å². The van der Waals surface area contributed by atoms with Gasteiger partial charge in [0.05, 0.1) is 17.9 Å². The lowest BCUT2D eigenvalue weighted by molar-refractivity contribution is 0.188. The zero-order valence-electron chi connectivity index (χ0n) is 15.4. The van der Waals surface area contributed by atoms with Gasteiger partial charge in [-0.15, -0.1) is 24.8 Å².